The van der Waals surface area contributed by atoms with Crippen LogP contribution in [-0.2, 0) is 0 Å². The summed E-state index contributed by atoms with van der Waals surface area (Å²) in [5.41, 5.74) is 5.41. The van der Waals surface area contributed by atoms with Crippen molar-refractivity contribution in [2.24, 2.45) is 5.73 Å². The Bertz CT molecular complexity index is 958. The van der Waals surface area contributed by atoms with E-state index in [4.69, 9.17) is 5.73 Å². The van der Waals surface area contributed by atoms with E-state index in [0.717, 1.165) is 0 Å². The number of nitrogens with zero attached hydrogens (tertiary/aromatic N) is 3. The molecule has 1 amide bonds. The Labute approximate surface area is 144 Å². The molecule has 2 aromatic carbocycles. The van der Waals surface area contributed by atoms with Crippen molar-refractivity contribution in [1.29, 1.82) is 0 Å². The largest absolute Gasteiger partial charge is 0.364 e. The number of primary amides is 1. The van der Waals surface area contributed by atoms with Crippen LogP contribution in [-0.4, -0.2) is 26.2 Å². The average Bonchev–Trinajstić information content (AvgIpc) is 3.07. The van der Waals surface area contributed by atoms with Gasteiger partial charge in [0.25, 0.3) is 11.6 Å². The molecule has 0 saturated carbocycles. The maximum Gasteiger partial charge on any atom is 0.271 e. The third-order valence-corrected chi connectivity index (χ3v) is 4.34. The van der Waals surface area contributed by atoms with Crippen LogP contribution < -0.4 is 5.73 Å². The van der Waals surface area contributed by atoms with Crippen molar-refractivity contribution in [3.63, 3.8) is 0 Å². The quantitative estimate of drug-likeness (QED) is 0.532. The summed E-state index contributed by atoms with van der Waals surface area (Å²) >= 11 is 1.24. The molecular formula is C15H10FN5O3S. The van der Waals surface area contributed by atoms with Gasteiger partial charge in [-0.15, -0.1) is 0 Å². The van der Waals surface area contributed by atoms with Gasteiger partial charge in [0, 0.05) is 27.5 Å². The molecule has 0 aliphatic carbocycles. The Morgan fingerprint density at radius 3 is 2.56 bits per heavy atom. The van der Waals surface area contributed by atoms with Gasteiger partial charge in [-0.05, 0) is 30.3 Å². The first-order valence-electron chi connectivity index (χ1n) is 6.88. The summed E-state index contributed by atoms with van der Waals surface area (Å²) in [6.45, 7) is 0. The van der Waals surface area contributed by atoms with E-state index in [1.165, 1.54) is 42.1 Å². The lowest BCUT2D eigenvalue weighted by atomic mass is 10.1. The highest BCUT2D eigenvalue weighted by Gasteiger charge is 2.21. The molecule has 1 heterocycles. The number of non-ortho nitro benzene ring substituents is 1. The van der Waals surface area contributed by atoms with Crippen molar-refractivity contribution in [3.05, 3.63) is 64.1 Å². The average molecular weight is 359 g/mol. The van der Waals surface area contributed by atoms with Crippen LogP contribution in [0.15, 0.2) is 52.3 Å². The van der Waals surface area contributed by atoms with Crippen LogP contribution in [0.3, 0.4) is 0 Å². The topological polar surface area (TPSA) is 128 Å². The number of nitrogens with one attached hydrogen (secondary N) is 1. The second kappa shape index (κ2) is 6.69. The zero-order chi connectivity index (χ0) is 18.0. The van der Waals surface area contributed by atoms with Crippen molar-refractivity contribution >= 4 is 23.4 Å². The summed E-state index contributed by atoms with van der Waals surface area (Å²) in [5, 5.41) is 20.9. The molecule has 0 bridgehead atoms. The molecule has 0 radical (unpaired) electrons. The van der Waals surface area contributed by atoms with Crippen LogP contribution in [0.25, 0.3) is 11.3 Å². The molecule has 0 unspecified atom stereocenters. The fourth-order valence-electron chi connectivity index (χ4n) is 2.13. The van der Waals surface area contributed by atoms with Crippen LogP contribution >= 0.6 is 11.8 Å². The molecular weight excluding hydrogens is 349 g/mol. The molecule has 8 nitrogen and oxygen atoms in total. The predicted molar refractivity (Wildman–Crippen MR) is 87.5 cm³/mol. The van der Waals surface area contributed by atoms with E-state index in [-0.39, 0.29) is 22.9 Å². The van der Waals surface area contributed by atoms with Crippen molar-refractivity contribution in [1.82, 2.24) is 15.4 Å². The number of nitro benzene ring substituents is 1. The van der Waals surface area contributed by atoms with Gasteiger partial charge in [-0.3, -0.25) is 14.9 Å². The van der Waals surface area contributed by atoms with Gasteiger partial charge in [0.15, 0.2) is 5.69 Å². The van der Waals surface area contributed by atoms with E-state index in [9.17, 15) is 19.3 Å². The van der Waals surface area contributed by atoms with Crippen LogP contribution in [0.2, 0.25) is 0 Å². The summed E-state index contributed by atoms with van der Waals surface area (Å²) < 4.78 is 13.1. The summed E-state index contributed by atoms with van der Waals surface area (Å²) in [5.74, 6) is -1.19. The molecule has 0 spiro atoms. The molecule has 0 saturated heterocycles. The Morgan fingerprint density at radius 1 is 1.20 bits per heavy atom. The molecule has 3 rings (SSSR count). The van der Waals surface area contributed by atoms with E-state index in [1.807, 2.05) is 0 Å². The lowest BCUT2D eigenvalue weighted by Crippen LogP contribution is -2.13. The first-order chi connectivity index (χ1) is 12.0. The molecule has 10 heteroatoms. The number of amides is 1. The highest BCUT2D eigenvalue weighted by atomic mass is 32.2. The van der Waals surface area contributed by atoms with Crippen molar-refractivity contribution in [3.8, 4) is 11.3 Å². The number of carbonyl (C=O) groups excluding carboxylic acids is 1. The lowest BCUT2D eigenvalue weighted by molar-refractivity contribution is -0.384. The SMILES string of the molecule is NC(=O)c1n[nH]nc1-c1cc([N+](=O)[O-])ccc1Sc1ccc(F)cc1. The van der Waals surface area contributed by atoms with E-state index in [0.29, 0.717) is 15.4 Å². The molecule has 0 atom stereocenters. The number of hydrogen-bond donors (Lipinski definition) is 2. The van der Waals surface area contributed by atoms with Crippen molar-refractivity contribution in [2.45, 2.75) is 9.79 Å². The Kier molecular flexibility index (Phi) is 4.44. The minimum atomic E-state index is -0.812. The van der Waals surface area contributed by atoms with E-state index < -0.39 is 10.8 Å². The second-order valence-electron chi connectivity index (χ2n) is 4.88. The van der Waals surface area contributed by atoms with Crippen molar-refractivity contribution in [2.75, 3.05) is 0 Å². The van der Waals surface area contributed by atoms with Crippen LogP contribution in [0.4, 0.5) is 10.1 Å². The zero-order valence-electron chi connectivity index (χ0n) is 12.5. The summed E-state index contributed by atoms with van der Waals surface area (Å²) in [7, 11) is 0. The van der Waals surface area contributed by atoms with Gasteiger partial charge in [-0.2, -0.15) is 15.4 Å². The van der Waals surface area contributed by atoms with Gasteiger partial charge in [0.05, 0.1) is 4.92 Å². The first kappa shape index (κ1) is 16.6. The highest BCUT2D eigenvalue weighted by Crippen LogP contribution is 2.38. The van der Waals surface area contributed by atoms with E-state index >= 15 is 0 Å². The van der Waals surface area contributed by atoms with Crippen molar-refractivity contribution < 1.29 is 14.1 Å². The normalized spacial score (nSPS) is 10.6. The summed E-state index contributed by atoms with van der Waals surface area (Å²) in [6, 6.07) is 9.90. The third kappa shape index (κ3) is 3.48. The van der Waals surface area contributed by atoms with Gasteiger partial charge in [-0.1, -0.05) is 11.8 Å². The molecule has 126 valence electrons. The monoisotopic (exact) mass is 359 g/mol. The molecule has 25 heavy (non-hydrogen) atoms. The number of H-pyrrole nitrogens is 1. The Morgan fingerprint density at radius 2 is 1.92 bits per heavy atom. The minimum absolute atomic E-state index is 0.112. The Balaban J connectivity index is 2.11. The summed E-state index contributed by atoms with van der Waals surface area (Å²) in [4.78, 5) is 23.3. The number of nitrogens with two attached hydrogens (primary N) is 1. The number of hydrogen-bond acceptors (Lipinski definition) is 6. The maximum absolute atomic E-state index is 13.1. The second-order valence-corrected chi connectivity index (χ2v) is 5.99. The standard InChI is InChI=1S/C15H10FN5O3S/c16-8-1-4-10(5-2-8)25-12-6-3-9(21(23)24)7-11(12)13-14(15(17)22)19-20-18-13/h1-7H,(H2,17,22)(H,18,19,20). The number of carbonyl (C=O) groups is 1. The van der Waals surface area contributed by atoms with Gasteiger partial charge in [0.2, 0.25) is 0 Å². The highest BCUT2D eigenvalue weighted by molar-refractivity contribution is 7.99. The summed E-state index contributed by atoms with van der Waals surface area (Å²) in [6.07, 6.45) is 0. The number of nitro groups is 1. The fraction of sp³-hybridized carbons (Fsp3) is 0. The van der Waals surface area contributed by atoms with Gasteiger partial charge < -0.3 is 5.73 Å². The zero-order valence-corrected chi connectivity index (χ0v) is 13.3. The molecule has 3 aromatic rings. The van der Waals surface area contributed by atoms with Gasteiger partial charge >= 0.3 is 0 Å². The molecule has 1 aromatic heterocycles. The predicted octanol–water partition coefficient (Wildman–Crippen LogP) is 2.77. The number of benzene rings is 2. The molecule has 0 aliphatic rings. The van der Waals surface area contributed by atoms with E-state index in [2.05, 4.69) is 15.4 Å². The van der Waals surface area contributed by atoms with Crippen LogP contribution in [0, 0.1) is 15.9 Å². The number of aromatic nitrogens is 3. The fourth-order valence-corrected chi connectivity index (χ4v) is 3.05. The van der Waals surface area contributed by atoms with Gasteiger partial charge in [-0.25, -0.2) is 4.39 Å². The Hall–Kier alpha value is -3.27. The lowest BCUT2D eigenvalue weighted by Gasteiger charge is -2.08. The van der Waals surface area contributed by atoms with E-state index in [1.54, 1.807) is 12.1 Å². The maximum atomic E-state index is 13.1. The molecule has 0 aliphatic heterocycles. The smallest absolute Gasteiger partial charge is 0.271 e. The number of rotatable bonds is 5. The first-order valence-corrected chi connectivity index (χ1v) is 7.70. The number of aromatic amines is 1. The molecule has 0 fully saturated rings. The van der Waals surface area contributed by atoms with Gasteiger partial charge in [0.1, 0.15) is 11.5 Å². The minimum Gasteiger partial charge on any atom is -0.364 e. The van der Waals surface area contributed by atoms with Crippen LogP contribution in [0.1, 0.15) is 10.5 Å². The molecule has 3 N–H and O–H groups in total. The third-order valence-electron chi connectivity index (χ3n) is 3.25. The van der Waals surface area contributed by atoms with Crippen LogP contribution in [0.5, 0.6) is 0 Å². The number of halogens is 1.